The predicted molar refractivity (Wildman–Crippen MR) is 132 cm³/mol. The van der Waals surface area contributed by atoms with E-state index in [1.807, 2.05) is 0 Å². The first-order valence-corrected chi connectivity index (χ1v) is 11.8. The van der Waals surface area contributed by atoms with Crippen molar-refractivity contribution in [3.05, 3.63) is 46.9 Å². The molecule has 18 heteroatoms. The van der Waals surface area contributed by atoms with E-state index in [4.69, 9.17) is 9.47 Å². The van der Waals surface area contributed by atoms with E-state index in [2.05, 4.69) is 31.2 Å². The molecule has 0 aliphatic carbocycles. The van der Waals surface area contributed by atoms with Gasteiger partial charge >= 0.3 is 12.1 Å². The van der Waals surface area contributed by atoms with Crippen LogP contribution in [-0.2, 0) is 0 Å². The fraction of sp³-hybridized carbons (Fsp3) is 0.364. The number of rotatable bonds is 7. The SMILES string of the molecule is COc1cc2c(Nc3ccc(Br)cc3F)ncnc2cc1OC(O)(O)C1(O)C(O)(O)CN(C(O)(O)O)CC1(O)O. The summed E-state index contributed by atoms with van der Waals surface area (Å²) in [5.41, 5.74) is -4.15. The Balaban J connectivity index is 1.74. The Morgan fingerprint density at radius 3 is 2.12 bits per heavy atom. The third kappa shape index (κ3) is 5.04. The number of β-amino-alcohol motifs (C(OH)–C–C–N with tert-alkyl or cyclic N) is 4. The Bertz CT molecular complexity index is 1420. The molecule has 3 aromatic rings. The molecular formula is C22H24BrFN4O12. The van der Waals surface area contributed by atoms with Gasteiger partial charge in [0.15, 0.2) is 11.5 Å². The Morgan fingerprint density at radius 2 is 1.57 bits per heavy atom. The summed E-state index contributed by atoms with van der Waals surface area (Å²) in [5.74, 6) is -13.7. The maximum absolute atomic E-state index is 14.4. The Labute approximate surface area is 231 Å². The molecule has 1 aliphatic rings. The number of benzene rings is 2. The van der Waals surface area contributed by atoms with Crippen LogP contribution in [-0.4, -0.2) is 115 Å². The Morgan fingerprint density at radius 1 is 0.950 bits per heavy atom. The minimum absolute atomic E-state index is 0.0209. The second-order valence-corrected chi connectivity index (χ2v) is 9.92. The zero-order valence-electron chi connectivity index (χ0n) is 20.3. The normalized spacial score (nSPS) is 18.9. The van der Waals surface area contributed by atoms with Gasteiger partial charge in [-0.25, -0.2) is 19.3 Å². The number of anilines is 2. The standard InChI is InChI=1S/C22H24BrFN4O12/c1-39-15-5-11-14(25-9-26-17(11)27-13-3-2-10(23)4-12(13)24)6-16(15)40-21(34,35)20(33)18(29,30)7-28(22(36,37)38)8-19(20,31)32/h2-6,9,29-38H,7-8H2,1H3,(H,25,26,27). The van der Waals surface area contributed by atoms with Crippen LogP contribution in [0.1, 0.15) is 0 Å². The van der Waals surface area contributed by atoms with Crippen LogP contribution in [0.25, 0.3) is 10.9 Å². The van der Waals surface area contributed by atoms with Crippen molar-refractivity contribution < 1.29 is 64.9 Å². The van der Waals surface area contributed by atoms with Gasteiger partial charge in [0.1, 0.15) is 18.0 Å². The van der Waals surface area contributed by atoms with E-state index in [-0.39, 0.29) is 33.1 Å². The number of fused-ring (bicyclic) bond motifs is 1. The summed E-state index contributed by atoms with van der Waals surface area (Å²) in [7, 11) is 1.12. The summed E-state index contributed by atoms with van der Waals surface area (Å²) in [5, 5.41) is 105. The van der Waals surface area contributed by atoms with Crippen LogP contribution in [0, 0.1) is 5.82 Å². The Hall–Kier alpha value is -2.85. The first-order valence-electron chi connectivity index (χ1n) is 11.1. The average molecular weight is 635 g/mol. The fourth-order valence-corrected chi connectivity index (χ4v) is 4.55. The molecule has 40 heavy (non-hydrogen) atoms. The maximum Gasteiger partial charge on any atom is 0.364 e. The van der Waals surface area contributed by atoms with Crippen molar-refractivity contribution in [3.63, 3.8) is 0 Å². The number of halogens is 2. The molecule has 0 saturated carbocycles. The molecular weight excluding hydrogens is 611 g/mol. The van der Waals surface area contributed by atoms with Crippen LogP contribution in [0.4, 0.5) is 15.9 Å². The maximum atomic E-state index is 14.4. The van der Waals surface area contributed by atoms with Crippen molar-refractivity contribution in [3.8, 4) is 11.5 Å². The number of aromatic nitrogens is 2. The van der Waals surface area contributed by atoms with E-state index in [1.54, 1.807) is 6.07 Å². The molecule has 1 aromatic heterocycles. The van der Waals surface area contributed by atoms with Gasteiger partial charge in [-0.2, -0.15) is 0 Å². The quantitative estimate of drug-likeness (QED) is 0.118. The highest BCUT2D eigenvalue weighted by Gasteiger charge is 2.78. The van der Waals surface area contributed by atoms with Gasteiger partial charge in [0.05, 0.1) is 31.4 Å². The Kier molecular flexibility index (Phi) is 7.46. The second-order valence-electron chi connectivity index (χ2n) is 9.00. The molecule has 1 fully saturated rings. The first kappa shape index (κ1) is 30.1. The number of aliphatic hydroxyl groups is 10. The monoisotopic (exact) mass is 634 g/mol. The number of hydrogen-bond acceptors (Lipinski definition) is 16. The molecule has 11 N–H and O–H groups in total. The van der Waals surface area contributed by atoms with Crippen LogP contribution in [0.3, 0.4) is 0 Å². The highest BCUT2D eigenvalue weighted by molar-refractivity contribution is 9.10. The minimum Gasteiger partial charge on any atom is -0.493 e. The molecule has 0 amide bonds. The van der Waals surface area contributed by atoms with Gasteiger partial charge in [0.25, 0.3) is 5.60 Å². The molecule has 4 rings (SSSR count). The number of piperidine rings is 1. The van der Waals surface area contributed by atoms with Crippen LogP contribution in [0.2, 0.25) is 0 Å². The van der Waals surface area contributed by atoms with Gasteiger partial charge in [0.2, 0.25) is 11.6 Å². The van der Waals surface area contributed by atoms with Crippen molar-refractivity contribution in [2.75, 3.05) is 25.5 Å². The van der Waals surface area contributed by atoms with Crippen molar-refractivity contribution in [2.24, 2.45) is 0 Å². The van der Waals surface area contributed by atoms with E-state index in [9.17, 15) is 55.5 Å². The average Bonchev–Trinajstić information content (AvgIpc) is 2.82. The third-order valence-electron chi connectivity index (χ3n) is 6.23. The molecule has 16 nitrogen and oxygen atoms in total. The number of likely N-dealkylation sites (tertiary alicyclic amines) is 1. The number of ether oxygens (including phenoxy) is 2. The minimum atomic E-state index is -4.26. The molecule has 1 saturated heterocycles. The van der Waals surface area contributed by atoms with Crippen molar-refractivity contribution >= 4 is 38.3 Å². The van der Waals surface area contributed by atoms with E-state index in [0.29, 0.717) is 4.47 Å². The summed E-state index contributed by atoms with van der Waals surface area (Å²) in [6.45, 7) is -3.13. The lowest BCUT2D eigenvalue weighted by Gasteiger charge is -2.56. The molecule has 1 aliphatic heterocycles. The highest BCUT2D eigenvalue weighted by Crippen LogP contribution is 2.46. The number of nitrogens with one attached hydrogen (secondary N) is 1. The van der Waals surface area contributed by atoms with Gasteiger partial charge < -0.3 is 65.9 Å². The second kappa shape index (κ2) is 9.91. The predicted octanol–water partition coefficient (Wildman–Crippen LogP) is -2.70. The van der Waals surface area contributed by atoms with E-state index in [0.717, 1.165) is 19.5 Å². The number of methoxy groups -OCH3 is 1. The zero-order chi connectivity index (χ0) is 29.9. The van der Waals surface area contributed by atoms with E-state index >= 15 is 0 Å². The van der Waals surface area contributed by atoms with Gasteiger partial charge in [-0.1, -0.05) is 15.9 Å². The first-order chi connectivity index (χ1) is 18.3. The van der Waals surface area contributed by atoms with Gasteiger partial charge in [-0.3, -0.25) is 0 Å². The molecule has 0 atom stereocenters. The van der Waals surface area contributed by atoms with E-state index < -0.39 is 53.9 Å². The summed E-state index contributed by atoms with van der Waals surface area (Å²) < 4.78 is 25.0. The molecule has 0 bridgehead atoms. The lowest BCUT2D eigenvalue weighted by Crippen LogP contribution is -2.87. The molecule has 2 aromatic carbocycles. The summed E-state index contributed by atoms with van der Waals surface area (Å²) in [6.07, 6.45) is -2.77. The third-order valence-corrected chi connectivity index (χ3v) is 6.73. The lowest BCUT2D eigenvalue weighted by atomic mass is 9.77. The summed E-state index contributed by atoms with van der Waals surface area (Å²) in [4.78, 5) is 7.95. The summed E-state index contributed by atoms with van der Waals surface area (Å²) >= 11 is 3.15. The fourth-order valence-electron chi connectivity index (χ4n) is 4.22. The molecule has 0 radical (unpaired) electrons. The molecule has 0 spiro atoms. The number of nitrogens with zero attached hydrogens (tertiary/aromatic N) is 3. The smallest absolute Gasteiger partial charge is 0.364 e. The highest BCUT2D eigenvalue weighted by atomic mass is 79.9. The zero-order valence-corrected chi connectivity index (χ0v) is 21.9. The summed E-state index contributed by atoms with van der Waals surface area (Å²) in [6, 6.07) is 6.44. The van der Waals surface area contributed by atoms with Crippen LogP contribution in [0.5, 0.6) is 11.5 Å². The molecule has 0 unspecified atom stereocenters. The topological polar surface area (TPSA) is 262 Å². The van der Waals surface area contributed by atoms with Crippen molar-refractivity contribution in [1.82, 2.24) is 14.9 Å². The van der Waals surface area contributed by atoms with Crippen LogP contribution >= 0.6 is 15.9 Å². The lowest BCUT2D eigenvalue weighted by molar-refractivity contribution is -0.527. The van der Waals surface area contributed by atoms with Gasteiger partial charge in [-0.15, -0.1) is 0 Å². The van der Waals surface area contributed by atoms with Crippen LogP contribution < -0.4 is 14.8 Å². The van der Waals surface area contributed by atoms with E-state index in [1.165, 1.54) is 18.2 Å². The largest absolute Gasteiger partial charge is 0.493 e. The van der Waals surface area contributed by atoms with Gasteiger partial charge in [-0.05, 0) is 24.3 Å². The van der Waals surface area contributed by atoms with Crippen molar-refractivity contribution in [2.45, 2.75) is 29.2 Å². The molecule has 218 valence electrons. The van der Waals surface area contributed by atoms with Crippen LogP contribution in [0.15, 0.2) is 41.1 Å². The number of hydrogen-bond donors (Lipinski definition) is 11. The molecule has 2 heterocycles. The van der Waals surface area contributed by atoms with Crippen molar-refractivity contribution in [1.29, 1.82) is 0 Å². The van der Waals surface area contributed by atoms with Gasteiger partial charge in [0, 0.05) is 15.9 Å².